The Morgan fingerprint density at radius 2 is 2.00 bits per heavy atom. The SMILES string of the molecule is CC(C)CCC(C)NC(=O)c1ccccc1-n1cnnn1. The molecule has 1 unspecified atom stereocenters. The van der Waals surface area contributed by atoms with E-state index in [9.17, 15) is 4.79 Å². The van der Waals surface area contributed by atoms with E-state index in [0.717, 1.165) is 12.8 Å². The Morgan fingerprint density at radius 1 is 1.24 bits per heavy atom. The van der Waals surface area contributed by atoms with Crippen molar-refractivity contribution in [2.24, 2.45) is 5.92 Å². The van der Waals surface area contributed by atoms with Crippen LogP contribution in [-0.4, -0.2) is 32.2 Å². The van der Waals surface area contributed by atoms with Crippen LogP contribution in [-0.2, 0) is 0 Å². The van der Waals surface area contributed by atoms with Crippen molar-refractivity contribution in [1.29, 1.82) is 0 Å². The molecule has 112 valence electrons. The summed E-state index contributed by atoms with van der Waals surface area (Å²) >= 11 is 0. The van der Waals surface area contributed by atoms with Crippen LogP contribution in [0, 0.1) is 5.92 Å². The normalized spacial score (nSPS) is 12.4. The molecule has 1 N–H and O–H groups in total. The van der Waals surface area contributed by atoms with E-state index in [1.165, 1.54) is 11.0 Å². The summed E-state index contributed by atoms with van der Waals surface area (Å²) in [6, 6.07) is 7.44. The smallest absolute Gasteiger partial charge is 0.253 e. The number of rotatable bonds is 6. The quantitative estimate of drug-likeness (QED) is 0.884. The maximum atomic E-state index is 12.4. The van der Waals surface area contributed by atoms with E-state index >= 15 is 0 Å². The Morgan fingerprint density at radius 3 is 2.67 bits per heavy atom. The predicted octanol–water partition coefficient (Wildman–Crippen LogP) is 2.22. The van der Waals surface area contributed by atoms with E-state index in [0.29, 0.717) is 17.2 Å². The fourth-order valence-electron chi connectivity index (χ4n) is 2.09. The Bertz CT molecular complexity index is 580. The van der Waals surface area contributed by atoms with Crippen LogP contribution in [0.4, 0.5) is 0 Å². The molecule has 1 atom stereocenters. The molecule has 0 radical (unpaired) electrons. The van der Waals surface area contributed by atoms with Gasteiger partial charge in [-0.3, -0.25) is 4.79 Å². The van der Waals surface area contributed by atoms with Gasteiger partial charge >= 0.3 is 0 Å². The highest BCUT2D eigenvalue weighted by atomic mass is 16.1. The third-order valence-corrected chi connectivity index (χ3v) is 3.30. The molecule has 1 aromatic heterocycles. The molecule has 2 aromatic rings. The second kappa shape index (κ2) is 6.97. The summed E-state index contributed by atoms with van der Waals surface area (Å²) in [4.78, 5) is 12.4. The summed E-state index contributed by atoms with van der Waals surface area (Å²) in [6.45, 7) is 6.39. The lowest BCUT2D eigenvalue weighted by atomic mass is 10.0. The first kappa shape index (κ1) is 15.2. The number of nitrogens with one attached hydrogen (secondary N) is 1. The molecule has 0 spiro atoms. The number of hydrogen-bond donors (Lipinski definition) is 1. The highest BCUT2D eigenvalue weighted by Gasteiger charge is 2.15. The number of amides is 1. The van der Waals surface area contributed by atoms with Crippen LogP contribution in [0.15, 0.2) is 30.6 Å². The van der Waals surface area contributed by atoms with Gasteiger partial charge < -0.3 is 5.32 Å². The lowest BCUT2D eigenvalue weighted by molar-refractivity contribution is 0.0937. The number of nitrogens with zero attached hydrogens (tertiary/aromatic N) is 4. The number of tetrazole rings is 1. The molecule has 2 rings (SSSR count). The van der Waals surface area contributed by atoms with Crippen molar-refractivity contribution >= 4 is 5.91 Å². The topological polar surface area (TPSA) is 72.7 Å². The van der Waals surface area contributed by atoms with Crippen LogP contribution in [0.2, 0.25) is 0 Å². The summed E-state index contributed by atoms with van der Waals surface area (Å²) in [5.74, 6) is 0.537. The summed E-state index contributed by atoms with van der Waals surface area (Å²) < 4.78 is 1.49. The highest BCUT2D eigenvalue weighted by molar-refractivity contribution is 5.97. The number of para-hydroxylation sites is 1. The first-order valence-electron chi connectivity index (χ1n) is 7.21. The van der Waals surface area contributed by atoms with Crippen molar-refractivity contribution in [2.75, 3.05) is 0 Å². The number of benzene rings is 1. The minimum Gasteiger partial charge on any atom is -0.350 e. The summed E-state index contributed by atoms with van der Waals surface area (Å²) in [5.41, 5.74) is 1.25. The predicted molar refractivity (Wildman–Crippen MR) is 80.2 cm³/mol. The second-order valence-electron chi connectivity index (χ2n) is 5.62. The number of carbonyl (C=O) groups is 1. The molecule has 6 heteroatoms. The van der Waals surface area contributed by atoms with Crippen LogP contribution in [0.1, 0.15) is 44.0 Å². The van der Waals surface area contributed by atoms with Crippen molar-refractivity contribution in [2.45, 2.75) is 39.7 Å². The van der Waals surface area contributed by atoms with Gasteiger partial charge in [0, 0.05) is 6.04 Å². The van der Waals surface area contributed by atoms with Crippen LogP contribution >= 0.6 is 0 Å². The fourth-order valence-corrected chi connectivity index (χ4v) is 2.09. The molecule has 0 bridgehead atoms. The fraction of sp³-hybridized carbons (Fsp3) is 0.467. The van der Waals surface area contributed by atoms with Gasteiger partial charge in [0.1, 0.15) is 6.33 Å². The van der Waals surface area contributed by atoms with Gasteiger partial charge in [-0.25, -0.2) is 0 Å². The van der Waals surface area contributed by atoms with Gasteiger partial charge in [0.2, 0.25) is 0 Å². The van der Waals surface area contributed by atoms with E-state index in [-0.39, 0.29) is 11.9 Å². The van der Waals surface area contributed by atoms with Gasteiger partial charge in [0.05, 0.1) is 11.3 Å². The van der Waals surface area contributed by atoms with Crippen LogP contribution in [0.25, 0.3) is 5.69 Å². The molecule has 1 aromatic carbocycles. The number of aromatic nitrogens is 4. The minimum atomic E-state index is -0.0997. The van der Waals surface area contributed by atoms with Gasteiger partial charge in [-0.15, -0.1) is 5.10 Å². The van der Waals surface area contributed by atoms with Crippen LogP contribution in [0.5, 0.6) is 0 Å². The van der Waals surface area contributed by atoms with Gasteiger partial charge in [-0.1, -0.05) is 26.0 Å². The standard InChI is InChI=1S/C15H21N5O/c1-11(2)8-9-12(3)17-15(21)13-6-4-5-7-14(13)20-10-16-18-19-20/h4-7,10-12H,8-9H2,1-3H3,(H,17,21). The highest BCUT2D eigenvalue weighted by Crippen LogP contribution is 2.13. The third-order valence-electron chi connectivity index (χ3n) is 3.30. The molecular weight excluding hydrogens is 266 g/mol. The monoisotopic (exact) mass is 287 g/mol. The Kier molecular flexibility index (Phi) is 5.03. The first-order valence-corrected chi connectivity index (χ1v) is 7.21. The van der Waals surface area contributed by atoms with E-state index in [2.05, 4.69) is 34.7 Å². The van der Waals surface area contributed by atoms with Gasteiger partial charge in [0.15, 0.2) is 0 Å². The first-order chi connectivity index (χ1) is 10.1. The molecule has 0 saturated carbocycles. The lowest BCUT2D eigenvalue weighted by Crippen LogP contribution is -2.33. The Labute approximate surface area is 124 Å². The summed E-state index contributed by atoms with van der Waals surface area (Å²) in [6.07, 6.45) is 3.54. The van der Waals surface area contributed by atoms with Crippen molar-refractivity contribution in [3.8, 4) is 5.69 Å². The average molecular weight is 287 g/mol. The largest absolute Gasteiger partial charge is 0.350 e. The van der Waals surface area contributed by atoms with Crippen molar-refractivity contribution in [3.05, 3.63) is 36.2 Å². The van der Waals surface area contributed by atoms with Crippen molar-refractivity contribution in [1.82, 2.24) is 25.5 Å². The zero-order valence-electron chi connectivity index (χ0n) is 12.7. The van der Waals surface area contributed by atoms with Gasteiger partial charge in [0.25, 0.3) is 5.91 Å². The van der Waals surface area contributed by atoms with Crippen LogP contribution < -0.4 is 5.32 Å². The molecule has 0 fully saturated rings. The molecule has 0 saturated heterocycles. The Hall–Kier alpha value is -2.24. The number of hydrogen-bond acceptors (Lipinski definition) is 4. The maximum absolute atomic E-state index is 12.4. The molecule has 0 aliphatic carbocycles. The molecule has 1 heterocycles. The van der Waals surface area contributed by atoms with E-state index in [1.54, 1.807) is 6.07 Å². The molecule has 1 amide bonds. The molecule has 6 nitrogen and oxygen atoms in total. The maximum Gasteiger partial charge on any atom is 0.253 e. The number of carbonyl (C=O) groups excluding carboxylic acids is 1. The molecule has 0 aliphatic rings. The molecule has 21 heavy (non-hydrogen) atoms. The Balaban J connectivity index is 2.09. The van der Waals surface area contributed by atoms with E-state index in [4.69, 9.17) is 0 Å². The van der Waals surface area contributed by atoms with E-state index < -0.39 is 0 Å². The van der Waals surface area contributed by atoms with Crippen molar-refractivity contribution < 1.29 is 4.79 Å². The zero-order chi connectivity index (χ0) is 15.2. The zero-order valence-corrected chi connectivity index (χ0v) is 12.7. The van der Waals surface area contributed by atoms with Gasteiger partial charge in [-0.2, -0.15) is 4.68 Å². The van der Waals surface area contributed by atoms with Crippen LogP contribution in [0.3, 0.4) is 0 Å². The van der Waals surface area contributed by atoms with Crippen molar-refractivity contribution in [3.63, 3.8) is 0 Å². The van der Waals surface area contributed by atoms with Gasteiger partial charge in [-0.05, 0) is 48.2 Å². The summed E-state index contributed by atoms with van der Waals surface area (Å²) in [5, 5.41) is 14.1. The van der Waals surface area contributed by atoms with E-state index in [1.807, 2.05) is 25.1 Å². The third kappa shape index (κ3) is 4.11. The lowest BCUT2D eigenvalue weighted by Gasteiger charge is -2.16. The minimum absolute atomic E-state index is 0.0997. The molecular formula is C15H21N5O. The summed E-state index contributed by atoms with van der Waals surface area (Å²) in [7, 11) is 0. The second-order valence-corrected chi connectivity index (χ2v) is 5.62. The average Bonchev–Trinajstić information content (AvgIpc) is 2.99. The molecule has 0 aliphatic heterocycles.